The van der Waals surface area contributed by atoms with Gasteiger partial charge in [-0.25, -0.2) is 4.39 Å². The number of hydrogen-bond acceptors (Lipinski definition) is 3. The Morgan fingerprint density at radius 3 is 2.36 bits per heavy atom. The number of methoxy groups -OCH3 is 1. The predicted octanol–water partition coefficient (Wildman–Crippen LogP) is 5.30. The van der Waals surface area contributed by atoms with E-state index in [9.17, 15) is 9.18 Å². The van der Waals surface area contributed by atoms with E-state index in [1.54, 1.807) is 19.2 Å². The fraction of sp³-hybridized carbons (Fsp3) is 0.435. The molecule has 0 aromatic heterocycles. The van der Waals surface area contributed by atoms with E-state index in [2.05, 4.69) is 25.2 Å². The largest absolute Gasteiger partial charge is 0.496 e. The first-order chi connectivity index (χ1) is 13.3. The number of halogens is 1. The Labute approximate surface area is 167 Å². The molecule has 1 N–H and O–H groups in total. The number of rotatable bonds is 8. The van der Waals surface area contributed by atoms with Gasteiger partial charge in [-0.3, -0.25) is 4.79 Å². The van der Waals surface area contributed by atoms with Crippen LogP contribution >= 0.6 is 0 Å². The normalized spacial score (nSPS) is 13.1. The molecule has 0 radical (unpaired) electrons. The number of aryl methyl sites for hydroxylation is 1. The van der Waals surface area contributed by atoms with Crippen molar-refractivity contribution in [1.29, 1.82) is 0 Å². The maximum Gasteiger partial charge on any atom is 0.261 e. The van der Waals surface area contributed by atoms with Crippen molar-refractivity contribution >= 4 is 5.91 Å². The Balaban J connectivity index is 2.18. The molecule has 0 bridgehead atoms. The van der Waals surface area contributed by atoms with Gasteiger partial charge in [0.05, 0.1) is 13.2 Å². The lowest BCUT2D eigenvalue weighted by atomic mass is 9.93. The van der Waals surface area contributed by atoms with Crippen LogP contribution < -0.4 is 14.8 Å². The summed E-state index contributed by atoms with van der Waals surface area (Å²) in [5, 5.41) is 3.00. The molecule has 1 amide bonds. The van der Waals surface area contributed by atoms with Crippen LogP contribution in [0.5, 0.6) is 11.5 Å². The third-order valence-electron chi connectivity index (χ3n) is 4.83. The van der Waals surface area contributed by atoms with E-state index in [-0.39, 0.29) is 17.7 Å². The molecule has 0 aliphatic rings. The molecule has 28 heavy (non-hydrogen) atoms. The highest BCUT2D eigenvalue weighted by atomic mass is 19.1. The van der Waals surface area contributed by atoms with Crippen LogP contribution in [0, 0.1) is 12.7 Å². The summed E-state index contributed by atoms with van der Waals surface area (Å²) >= 11 is 0. The second-order valence-electron chi connectivity index (χ2n) is 7.28. The highest BCUT2D eigenvalue weighted by Crippen LogP contribution is 2.32. The van der Waals surface area contributed by atoms with E-state index in [1.165, 1.54) is 12.1 Å². The third kappa shape index (κ3) is 5.03. The number of carbonyl (C=O) groups is 1. The van der Waals surface area contributed by atoms with Crippen LogP contribution in [0.25, 0.3) is 0 Å². The Bertz CT molecular complexity index is 819. The Kier molecular flexibility index (Phi) is 7.44. The molecule has 2 atom stereocenters. The number of nitrogens with one attached hydrogen (secondary N) is 1. The molecule has 2 aromatic rings. The number of ether oxygens (including phenoxy) is 2. The molecule has 2 aromatic carbocycles. The molecule has 0 saturated carbocycles. The van der Waals surface area contributed by atoms with Crippen molar-refractivity contribution in [3.63, 3.8) is 0 Å². The van der Waals surface area contributed by atoms with Crippen molar-refractivity contribution < 1.29 is 18.7 Å². The van der Waals surface area contributed by atoms with Crippen LogP contribution in [-0.2, 0) is 4.79 Å². The van der Waals surface area contributed by atoms with Gasteiger partial charge in [0.15, 0.2) is 17.7 Å². The second kappa shape index (κ2) is 9.58. The molecule has 152 valence electrons. The van der Waals surface area contributed by atoms with Crippen LogP contribution in [-0.4, -0.2) is 19.1 Å². The maximum atomic E-state index is 13.9. The van der Waals surface area contributed by atoms with Crippen molar-refractivity contribution in [1.82, 2.24) is 5.32 Å². The Hall–Kier alpha value is -2.56. The highest BCUT2D eigenvalue weighted by molar-refractivity contribution is 5.81. The van der Waals surface area contributed by atoms with Gasteiger partial charge in [0.25, 0.3) is 5.91 Å². The number of benzene rings is 2. The highest BCUT2D eigenvalue weighted by Gasteiger charge is 2.23. The van der Waals surface area contributed by atoms with Crippen molar-refractivity contribution in [2.24, 2.45) is 0 Å². The number of amides is 1. The van der Waals surface area contributed by atoms with E-state index in [1.807, 2.05) is 26.8 Å². The quantitative estimate of drug-likeness (QED) is 0.668. The van der Waals surface area contributed by atoms with E-state index >= 15 is 0 Å². The molecule has 0 unspecified atom stereocenters. The van der Waals surface area contributed by atoms with E-state index in [4.69, 9.17) is 9.47 Å². The second-order valence-corrected chi connectivity index (χ2v) is 7.28. The molecule has 0 saturated heterocycles. The number of para-hydroxylation sites is 1. The van der Waals surface area contributed by atoms with Gasteiger partial charge in [-0.05, 0) is 67.1 Å². The van der Waals surface area contributed by atoms with Gasteiger partial charge in [0.2, 0.25) is 0 Å². The topological polar surface area (TPSA) is 47.6 Å². The zero-order valence-corrected chi connectivity index (χ0v) is 17.5. The first-order valence-electron chi connectivity index (χ1n) is 9.68. The van der Waals surface area contributed by atoms with Gasteiger partial charge in [-0.2, -0.15) is 0 Å². The van der Waals surface area contributed by atoms with E-state index < -0.39 is 11.9 Å². The van der Waals surface area contributed by atoms with Gasteiger partial charge >= 0.3 is 0 Å². The van der Waals surface area contributed by atoms with Gasteiger partial charge in [0.1, 0.15) is 5.75 Å². The molecule has 0 spiro atoms. The third-order valence-corrected chi connectivity index (χ3v) is 4.83. The first-order valence-corrected chi connectivity index (χ1v) is 9.68. The van der Waals surface area contributed by atoms with Crippen LogP contribution in [0.2, 0.25) is 0 Å². The van der Waals surface area contributed by atoms with Gasteiger partial charge in [-0.15, -0.1) is 0 Å². The summed E-state index contributed by atoms with van der Waals surface area (Å²) in [5.74, 6) is 0.489. The average molecular weight is 387 g/mol. The zero-order chi connectivity index (χ0) is 20.8. The van der Waals surface area contributed by atoms with Crippen LogP contribution in [0.3, 0.4) is 0 Å². The monoisotopic (exact) mass is 387 g/mol. The summed E-state index contributed by atoms with van der Waals surface area (Å²) in [4.78, 5) is 12.7. The summed E-state index contributed by atoms with van der Waals surface area (Å²) in [7, 11) is 1.66. The van der Waals surface area contributed by atoms with Gasteiger partial charge in [-0.1, -0.05) is 32.9 Å². The lowest BCUT2D eigenvalue weighted by Crippen LogP contribution is -2.39. The molecular formula is C23H30FNO3. The fourth-order valence-electron chi connectivity index (χ4n) is 3.21. The van der Waals surface area contributed by atoms with Gasteiger partial charge in [0, 0.05) is 0 Å². The molecule has 0 heterocycles. The Morgan fingerprint density at radius 1 is 1.11 bits per heavy atom. The number of hydrogen-bond donors (Lipinski definition) is 1. The molecule has 5 heteroatoms. The van der Waals surface area contributed by atoms with Crippen molar-refractivity contribution in [2.45, 2.75) is 59.1 Å². The number of carbonyl (C=O) groups excluding carboxylic acids is 1. The molecule has 0 aliphatic heterocycles. The molecular weight excluding hydrogens is 357 g/mol. The Morgan fingerprint density at radius 2 is 1.79 bits per heavy atom. The SMILES string of the molecule is CC[C@H](Oc1ccccc1F)C(=O)N[C@H](C)c1cc(C(C)C)c(OC)cc1C. The van der Waals surface area contributed by atoms with Crippen LogP contribution in [0.15, 0.2) is 36.4 Å². The summed E-state index contributed by atoms with van der Waals surface area (Å²) in [6, 6.07) is 9.98. The van der Waals surface area contributed by atoms with Crippen LogP contribution in [0.1, 0.15) is 62.8 Å². The summed E-state index contributed by atoms with van der Waals surface area (Å²) in [5.41, 5.74) is 3.16. The van der Waals surface area contributed by atoms with E-state index in [0.29, 0.717) is 12.3 Å². The summed E-state index contributed by atoms with van der Waals surface area (Å²) in [6.45, 7) is 9.99. The van der Waals surface area contributed by atoms with Gasteiger partial charge < -0.3 is 14.8 Å². The predicted molar refractivity (Wildman–Crippen MR) is 109 cm³/mol. The first kappa shape index (κ1) is 21.7. The zero-order valence-electron chi connectivity index (χ0n) is 17.5. The molecule has 4 nitrogen and oxygen atoms in total. The fourth-order valence-corrected chi connectivity index (χ4v) is 3.21. The van der Waals surface area contributed by atoms with Crippen molar-refractivity contribution in [3.05, 3.63) is 58.9 Å². The summed E-state index contributed by atoms with van der Waals surface area (Å²) in [6.07, 6.45) is -0.325. The van der Waals surface area contributed by atoms with Crippen molar-refractivity contribution in [3.8, 4) is 11.5 Å². The molecule has 2 rings (SSSR count). The average Bonchev–Trinajstić information content (AvgIpc) is 2.66. The lowest BCUT2D eigenvalue weighted by Gasteiger charge is -2.23. The minimum atomic E-state index is -0.762. The lowest BCUT2D eigenvalue weighted by molar-refractivity contribution is -0.128. The molecule has 0 aliphatic carbocycles. The smallest absolute Gasteiger partial charge is 0.261 e. The standard InChI is InChI=1S/C23H30FNO3/c1-7-20(28-21-11-9-8-10-19(21)24)23(26)25-16(5)18-13-17(14(2)3)22(27-6)12-15(18)4/h8-14,16,20H,7H2,1-6H3,(H,25,26)/t16-,20+/m1/s1. The van der Waals surface area contributed by atoms with Crippen molar-refractivity contribution in [2.75, 3.05) is 7.11 Å². The van der Waals surface area contributed by atoms with E-state index in [0.717, 1.165) is 22.4 Å². The van der Waals surface area contributed by atoms with Crippen LogP contribution in [0.4, 0.5) is 4.39 Å². The maximum absolute atomic E-state index is 13.9. The minimum Gasteiger partial charge on any atom is -0.496 e. The molecule has 0 fully saturated rings. The summed E-state index contributed by atoms with van der Waals surface area (Å²) < 4.78 is 25.0. The minimum absolute atomic E-state index is 0.0832.